The van der Waals surface area contributed by atoms with Crippen LogP contribution in [0.3, 0.4) is 0 Å². The highest BCUT2D eigenvalue weighted by atomic mass is 32.2. The van der Waals surface area contributed by atoms with Gasteiger partial charge in [-0.15, -0.1) is 0 Å². The number of hydrogen-bond acceptors (Lipinski definition) is 3. The fourth-order valence-electron chi connectivity index (χ4n) is 2.95. The summed E-state index contributed by atoms with van der Waals surface area (Å²) in [6.07, 6.45) is 12.7. The van der Waals surface area contributed by atoms with Crippen LogP contribution in [0.15, 0.2) is 0 Å². The highest BCUT2D eigenvalue weighted by Gasteiger charge is 2.22. The molecule has 0 spiro atoms. The number of aliphatic hydroxyl groups excluding tert-OH is 1. The molecule has 0 aromatic carbocycles. The Kier molecular flexibility index (Phi) is 14.2. The Morgan fingerprint density at radius 1 is 0.696 bits per heavy atom. The molecule has 140 valence electrons. The number of hydrogen-bond donors (Lipinski definition) is 2. The molecule has 0 saturated carbocycles. The predicted octanol–water partition coefficient (Wildman–Crippen LogP) is 5.10. The van der Waals surface area contributed by atoms with E-state index >= 15 is 0 Å². The molecule has 0 aliphatic rings. The first-order valence-corrected chi connectivity index (χ1v) is 11.1. The Balaban J connectivity index is 3.93. The standard InChI is InChI=1S/C18H38O4S/c1-3-5-7-8-9-11-15-18(23(20,21)22)16-12-14-17(19)13-10-6-4-2/h17-19H,3-16H2,1-2H3,(H,20,21,22). The topological polar surface area (TPSA) is 74.6 Å². The lowest BCUT2D eigenvalue weighted by atomic mass is 10.0. The lowest BCUT2D eigenvalue weighted by Crippen LogP contribution is -2.21. The lowest BCUT2D eigenvalue weighted by molar-refractivity contribution is 0.147. The van der Waals surface area contributed by atoms with Crippen LogP contribution in [0.2, 0.25) is 0 Å². The van der Waals surface area contributed by atoms with Crippen LogP contribution in [-0.4, -0.2) is 29.4 Å². The van der Waals surface area contributed by atoms with Crippen LogP contribution in [-0.2, 0) is 10.1 Å². The van der Waals surface area contributed by atoms with Crippen LogP contribution in [0.5, 0.6) is 0 Å². The molecule has 0 aliphatic carbocycles. The fourth-order valence-corrected chi connectivity index (χ4v) is 3.88. The largest absolute Gasteiger partial charge is 0.393 e. The number of aliphatic hydroxyl groups is 1. The Labute approximate surface area is 143 Å². The summed E-state index contributed by atoms with van der Waals surface area (Å²) in [5.41, 5.74) is 0. The molecule has 0 aliphatic heterocycles. The zero-order chi connectivity index (χ0) is 17.6. The smallest absolute Gasteiger partial charge is 0.267 e. The third-order valence-corrected chi connectivity index (χ3v) is 5.82. The van der Waals surface area contributed by atoms with Crippen molar-refractivity contribution < 1.29 is 18.1 Å². The van der Waals surface area contributed by atoms with Gasteiger partial charge in [-0.05, 0) is 32.1 Å². The van der Waals surface area contributed by atoms with E-state index in [1.54, 1.807) is 0 Å². The summed E-state index contributed by atoms with van der Waals surface area (Å²) in [6, 6.07) is 0. The van der Waals surface area contributed by atoms with Crippen molar-refractivity contribution >= 4 is 10.1 Å². The predicted molar refractivity (Wildman–Crippen MR) is 97.3 cm³/mol. The van der Waals surface area contributed by atoms with Gasteiger partial charge in [-0.25, -0.2) is 0 Å². The first-order chi connectivity index (χ1) is 10.9. The van der Waals surface area contributed by atoms with Gasteiger partial charge in [0, 0.05) is 0 Å². The van der Waals surface area contributed by atoms with Crippen molar-refractivity contribution in [3.63, 3.8) is 0 Å². The number of unbranched alkanes of at least 4 members (excludes halogenated alkanes) is 7. The van der Waals surface area contributed by atoms with Crippen molar-refractivity contribution in [2.75, 3.05) is 0 Å². The molecule has 0 heterocycles. The maximum absolute atomic E-state index is 11.5. The molecule has 5 heteroatoms. The van der Waals surface area contributed by atoms with Gasteiger partial charge in [0.15, 0.2) is 0 Å². The molecule has 0 rings (SSSR count). The third kappa shape index (κ3) is 14.0. The van der Waals surface area contributed by atoms with Gasteiger partial charge in [-0.3, -0.25) is 4.55 Å². The molecule has 0 saturated heterocycles. The third-order valence-electron chi connectivity index (χ3n) is 4.51. The van der Waals surface area contributed by atoms with Gasteiger partial charge in [0.2, 0.25) is 0 Å². The van der Waals surface area contributed by atoms with Gasteiger partial charge in [0.1, 0.15) is 0 Å². The van der Waals surface area contributed by atoms with E-state index in [1.807, 2.05) is 0 Å². The van der Waals surface area contributed by atoms with E-state index in [0.717, 1.165) is 44.9 Å². The van der Waals surface area contributed by atoms with E-state index < -0.39 is 15.4 Å². The van der Waals surface area contributed by atoms with Crippen molar-refractivity contribution in [3.8, 4) is 0 Å². The van der Waals surface area contributed by atoms with E-state index in [4.69, 9.17) is 0 Å². The molecular formula is C18H38O4S. The molecule has 0 aromatic heterocycles. The van der Waals surface area contributed by atoms with E-state index in [0.29, 0.717) is 25.7 Å². The second kappa shape index (κ2) is 14.2. The van der Waals surface area contributed by atoms with Gasteiger partial charge in [-0.2, -0.15) is 8.42 Å². The van der Waals surface area contributed by atoms with Gasteiger partial charge in [-0.1, -0.05) is 71.6 Å². The quantitative estimate of drug-likeness (QED) is 0.300. The first kappa shape index (κ1) is 22.9. The molecule has 2 N–H and O–H groups in total. The van der Waals surface area contributed by atoms with Crippen molar-refractivity contribution in [2.24, 2.45) is 0 Å². The maximum Gasteiger partial charge on any atom is 0.267 e. The minimum Gasteiger partial charge on any atom is -0.393 e. The maximum atomic E-state index is 11.5. The molecule has 0 radical (unpaired) electrons. The van der Waals surface area contributed by atoms with E-state index in [2.05, 4.69) is 13.8 Å². The Morgan fingerprint density at radius 2 is 1.13 bits per heavy atom. The molecule has 0 amide bonds. The Hall–Kier alpha value is -0.130. The summed E-state index contributed by atoms with van der Waals surface area (Å²) in [5, 5.41) is 9.22. The average Bonchev–Trinajstić information content (AvgIpc) is 2.48. The molecular weight excluding hydrogens is 312 g/mol. The second-order valence-corrected chi connectivity index (χ2v) is 8.47. The van der Waals surface area contributed by atoms with E-state index in [1.165, 1.54) is 19.3 Å². The van der Waals surface area contributed by atoms with Crippen molar-refractivity contribution in [3.05, 3.63) is 0 Å². The summed E-state index contributed by atoms with van der Waals surface area (Å²) in [4.78, 5) is 0. The number of rotatable bonds is 16. The van der Waals surface area contributed by atoms with E-state index in [-0.39, 0.29) is 6.10 Å². The van der Waals surface area contributed by atoms with Gasteiger partial charge < -0.3 is 5.11 Å². The Bertz CT molecular complexity index is 354. The molecule has 0 aromatic rings. The van der Waals surface area contributed by atoms with Gasteiger partial charge in [0.05, 0.1) is 11.4 Å². The average molecular weight is 351 g/mol. The van der Waals surface area contributed by atoms with Gasteiger partial charge in [0.25, 0.3) is 10.1 Å². The van der Waals surface area contributed by atoms with Gasteiger partial charge >= 0.3 is 0 Å². The summed E-state index contributed by atoms with van der Waals surface area (Å²) in [7, 11) is -3.96. The highest BCUT2D eigenvalue weighted by Crippen LogP contribution is 2.19. The minimum atomic E-state index is -3.96. The van der Waals surface area contributed by atoms with Crippen molar-refractivity contribution in [1.82, 2.24) is 0 Å². The van der Waals surface area contributed by atoms with Crippen LogP contribution in [0.25, 0.3) is 0 Å². The monoisotopic (exact) mass is 350 g/mol. The van der Waals surface area contributed by atoms with Crippen LogP contribution in [0.1, 0.15) is 104 Å². The molecule has 4 nitrogen and oxygen atoms in total. The first-order valence-electron chi connectivity index (χ1n) is 9.56. The molecule has 0 bridgehead atoms. The molecule has 0 fully saturated rings. The summed E-state index contributed by atoms with van der Waals surface area (Å²) < 4.78 is 32.3. The SMILES string of the molecule is CCCCCCCCC(CCCC(O)CCCCC)S(=O)(=O)O. The molecule has 23 heavy (non-hydrogen) atoms. The minimum absolute atomic E-state index is 0.336. The van der Waals surface area contributed by atoms with Crippen molar-refractivity contribution in [2.45, 2.75) is 115 Å². The van der Waals surface area contributed by atoms with Crippen LogP contribution >= 0.6 is 0 Å². The zero-order valence-electron chi connectivity index (χ0n) is 15.2. The molecule has 2 atom stereocenters. The lowest BCUT2D eigenvalue weighted by Gasteiger charge is -2.15. The highest BCUT2D eigenvalue weighted by molar-refractivity contribution is 7.86. The van der Waals surface area contributed by atoms with Crippen LogP contribution in [0.4, 0.5) is 0 Å². The summed E-state index contributed by atoms with van der Waals surface area (Å²) >= 11 is 0. The van der Waals surface area contributed by atoms with Crippen LogP contribution < -0.4 is 0 Å². The second-order valence-electron chi connectivity index (χ2n) is 6.77. The summed E-state index contributed by atoms with van der Waals surface area (Å²) in [5.74, 6) is 0. The molecule has 2 unspecified atom stereocenters. The fraction of sp³-hybridized carbons (Fsp3) is 1.00. The summed E-state index contributed by atoms with van der Waals surface area (Å²) in [6.45, 7) is 4.30. The van der Waals surface area contributed by atoms with Crippen molar-refractivity contribution in [1.29, 1.82) is 0 Å². The normalized spacial score (nSPS) is 14.8. The zero-order valence-corrected chi connectivity index (χ0v) is 16.0. The Morgan fingerprint density at radius 3 is 1.74 bits per heavy atom. The van der Waals surface area contributed by atoms with E-state index in [9.17, 15) is 18.1 Å². The van der Waals surface area contributed by atoms with Crippen LogP contribution in [0, 0.1) is 0 Å².